The van der Waals surface area contributed by atoms with Crippen LogP contribution in [0.25, 0.3) is 0 Å². The maximum absolute atomic E-state index is 14.5. The largest absolute Gasteiger partial charge is 0.370 e. The quantitative estimate of drug-likeness (QED) is 0.784. The molecule has 1 aliphatic carbocycles. The molecule has 1 atom stereocenters. The molecule has 1 saturated carbocycles. The maximum Gasteiger partial charge on any atom is 0.253 e. The van der Waals surface area contributed by atoms with Gasteiger partial charge >= 0.3 is 0 Å². The van der Waals surface area contributed by atoms with E-state index >= 15 is 0 Å². The molecule has 0 radical (unpaired) electrons. The standard InChI is InChI=1S/C18H25FN4O3/c1-22(13-3-2-4-13)16(10-20)18(25)21-12-5-6-15(14(19)9-12)23-7-8-26-11-17(23)24/h5-6,9,13,16H,2-4,7-8,10-11,20H2,1H3,(H,21,25)/t16-/m0/s1. The number of likely N-dealkylation sites (N-methyl/N-ethyl adjacent to an activating group) is 1. The molecule has 1 saturated heterocycles. The number of benzene rings is 1. The number of carbonyl (C=O) groups is 2. The van der Waals surface area contributed by atoms with Crippen LogP contribution in [0.1, 0.15) is 19.3 Å². The van der Waals surface area contributed by atoms with Crippen molar-refractivity contribution < 1.29 is 18.7 Å². The van der Waals surface area contributed by atoms with E-state index in [1.165, 1.54) is 23.5 Å². The van der Waals surface area contributed by atoms with Crippen molar-refractivity contribution in [2.24, 2.45) is 5.73 Å². The van der Waals surface area contributed by atoms with Gasteiger partial charge in [0.25, 0.3) is 5.91 Å². The van der Waals surface area contributed by atoms with E-state index in [9.17, 15) is 14.0 Å². The molecule has 3 N–H and O–H groups in total. The molecule has 2 aliphatic rings. The highest BCUT2D eigenvalue weighted by Crippen LogP contribution is 2.26. The Morgan fingerprint density at radius 1 is 1.50 bits per heavy atom. The number of nitrogens with two attached hydrogens (primary N) is 1. The van der Waals surface area contributed by atoms with Crippen molar-refractivity contribution in [2.75, 3.05) is 43.6 Å². The van der Waals surface area contributed by atoms with Crippen LogP contribution in [-0.2, 0) is 14.3 Å². The fraction of sp³-hybridized carbons (Fsp3) is 0.556. The van der Waals surface area contributed by atoms with Crippen molar-refractivity contribution >= 4 is 23.2 Å². The van der Waals surface area contributed by atoms with Crippen LogP contribution < -0.4 is 16.0 Å². The van der Waals surface area contributed by atoms with Crippen molar-refractivity contribution in [1.29, 1.82) is 0 Å². The number of anilines is 2. The Morgan fingerprint density at radius 3 is 2.85 bits per heavy atom. The summed E-state index contributed by atoms with van der Waals surface area (Å²) < 4.78 is 19.5. The molecule has 0 bridgehead atoms. The molecule has 2 fully saturated rings. The molecule has 3 rings (SSSR count). The smallest absolute Gasteiger partial charge is 0.253 e. The van der Waals surface area contributed by atoms with Gasteiger partial charge in [-0.25, -0.2) is 4.39 Å². The third kappa shape index (κ3) is 3.87. The third-order valence-corrected chi connectivity index (χ3v) is 5.16. The minimum absolute atomic E-state index is 0.0520. The van der Waals surface area contributed by atoms with Gasteiger partial charge in [-0.3, -0.25) is 14.5 Å². The Balaban J connectivity index is 1.68. The molecule has 7 nitrogen and oxygen atoms in total. The number of hydrogen-bond donors (Lipinski definition) is 2. The van der Waals surface area contributed by atoms with Gasteiger partial charge in [-0.15, -0.1) is 0 Å². The van der Waals surface area contributed by atoms with Crippen molar-refractivity contribution in [3.63, 3.8) is 0 Å². The topological polar surface area (TPSA) is 87.9 Å². The van der Waals surface area contributed by atoms with Gasteiger partial charge in [0, 0.05) is 24.8 Å². The molecular formula is C18H25FN4O3. The minimum Gasteiger partial charge on any atom is -0.370 e. The van der Waals surface area contributed by atoms with E-state index in [4.69, 9.17) is 10.5 Å². The molecule has 0 spiro atoms. The molecule has 142 valence electrons. The van der Waals surface area contributed by atoms with Crippen LogP contribution in [0.3, 0.4) is 0 Å². The number of halogens is 1. The first-order chi connectivity index (χ1) is 12.5. The fourth-order valence-electron chi connectivity index (χ4n) is 3.31. The molecule has 8 heteroatoms. The zero-order valence-electron chi connectivity index (χ0n) is 14.9. The van der Waals surface area contributed by atoms with Crippen LogP contribution in [0.4, 0.5) is 15.8 Å². The Hall–Kier alpha value is -2.03. The lowest BCUT2D eigenvalue weighted by atomic mass is 9.90. The minimum atomic E-state index is -0.560. The highest BCUT2D eigenvalue weighted by Gasteiger charge is 2.31. The van der Waals surface area contributed by atoms with Gasteiger partial charge in [0.05, 0.1) is 12.3 Å². The lowest BCUT2D eigenvalue weighted by Crippen LogP contribution is -2.52. The van der Waals surface area contributed by atoms with E-state index < -0.39 is 11.9 Å². The molecular weight excluding hydrogens is 339 g/mol. The van der Waals surface area contributed by atoms with Crippen LogP contribution in [-0.4, -0.2) is 62.1 Å². The Bertz CT molecular complexity index is 680. The second kappa shape index (κ2) is 8.11. The van der Waals surface area contributed by atoms with E-state index in [0.717, 1.165) is 12.8 Å². The lowest BCUT2D eigenvalue weighted by molar-refractivity contribution is -0.125. The second-order valence-corrected chi connectivity index (χ2v) is 6.76. The number of hydrogen-bond acceptors (Lipinski definition) is 5. The summed E-state index contributed by atoms with van der Waals surface area (Å²) in [6, 6.07) is 4.24. The van der Waals surface area contributed by atoms with Gasteiger partial charge in [0.15, 0.2) is 0 Å². The summed E-state index contributed by atoms with van der Waals surface area (Å²) in [5, 5.41) is 2.73. The van der Waals surface area contributed by atoms with E-state index in [0.29, 0.717) is 24.9 Å². The van der Waals surface area contributed by atoms with Gasteiger partial charge < -0.3 is 20.7 Å². The first-order valence-electron chi connectivity index (χ1n) is 8.91. The van der Waals surface area contributed by atoms with E-state index in [2.05, 4.69) is 5.32 Å². The SMILES string of the molecule is CN(C1CCC1)[C@@H](CN)C(=O)Nc1ccc(N2CCOCC2=O)c(F)c1. The summed E-state index contributed by atoms with van der Waals surface area (Å²) in [7, 11) is 1.90. The number of rotatable bonds is 6. The molecule has 26 heavy (non-hydrogen) atoms. The summed E-state index contributed by atoms with van der Waals surface area (Å²) in [6.45, 7) is 0.823. The van der Waals surface area contributed by atoms with Crippen molar-refractivity contribution in [3.8, 4) is 0 Å². The second-order valence-electron chi connectivity index (χ2n) is 6.76. The van der Waals surface area contributed by atoms with Gasteiger partial charge in [0.1, 0.15) is 18.5 Å². The lowest BCUT2D eigenvalue weighted by Gasteiger charge is -2.38. The molecule has 1 aromatic carbocycles. The predicted octanol–water partition coefficient (Wildman–Crippen LogP) is 0.939. The van der Waals surface area contributed by atoms with Crippen molar-refractivity contribution in [2.45, 2.75) is 31.3 Å². The molecule has 0 unspecified atom stereocenters. The molecule has 1 aliphatic heterocycles. The number of ether oxygens (including phenoxy) is 1. The Morgan fingerprint density at radius 2 is 2.27 bits per heavy atom. The Kier molecular flexibility index (Phi) is 5.85. The van der Waals surface area contributed by atoms with Gasteiger partial charge in [-0.2, -0.15) is 0 Å². The molecule has 1 aromatic rings. The van der Waals surface area contributed by atoms with Crippen LogP contribution in [0.5, 0.6) is 0 Å². The van der Waals surface area contributed by atoms with Crippen molar-refractivity contribution in [1.82, 2.24) is 4.90 Å². The van der Waals surface area contributed by atoms with Gasteiger partial charge in [-0.1, -0.05) is 6.42 Å². The zero-order valence-corrected chi connectivity index (χ0v) is 14.9. The summed E-state index contributed by atoms with van der Waals surface area (Å²) in [5.41, 5.74) is 6.32. The number of carbonyl (C=O) groups excluding carboxylic acids is 2. The van der Waals surface area contributed by atoms with Crippen LogP contribution in [0.15, 0.2) is 18.2 Å². The predicted molar refractivity (Wildman–Crippen MR) is 96.4 cm³/mol. The van der Waals surface area contributed by atoms with Crippen LogP contribution in [0, 0.1) is 5.82 Å². The first kappa shape index (κ1) is 18.8. The Labute approximate surface area is 152 Å². The zero-order chi connectivity index (χ0) is 18.7. The third-order valence-electron chi connectivity index (χ3n) is 5.16. The summed E-state index contributed by atoms with van der Waals surface area (Å²) in [4.78, 5) is 27.8. The van der Waals surface area contributed by atoms with E-state index in [-0.39, 0.29) is 30.7 Å². The van der Waals surface area contributed by atoms with E-state index in [1.807, 2.05) is 11.9 Å². The van der Waals surface area contributed by atoms with Crippen LogP contribution in [0.2, 0.25) is 0 Å². The highest BCUT2D eigenvalue weighted by atomic mass is 19.1. The maximum atomic E-state index is 14.5. The number of nitrogens with one attached hydrogen (secondary N) is 1. The average Bonchev–Trinajstić information content (AvgIpc) is 2.55. The van der Waals surface area contributed by atoms with Crippen LogP contribution >= 0.6 is 0 Å². The number of amides is 2. The molecule has 1 heterocycles. The summed E-state index contributed by atoms with van der Waals surface area (Å²) in [6.07, 6.45) is 3.30. The average molecular weight is 364 g/mol. The normalized spacial score (nSPS) is 19.4. The molecule has 2 amide bonds. The number of morpholine rings is 1. The van der Waals surface area contributed by atoms with Gasteiger partial charge in [0.2, 0.25) is 5.91 Å². The fourth-order valence-corrected chi connectivity index (χ4v) is 3.31. The monoisotopic (exact) mass is 364 g/mol. The van der Waals surface area contributed by atoms with Gasteiger partial charge in [-0.05, 0) is 38.1 Å². The van der Waals surface area contributed by atoms with E-state index in [1.54, 1.807) is 6.07 Å². The first-order valence-corrected chi connectivity index (χ1v) is 8.91. The number of nitrogens with zero attached hydrogens (tertiary/aromatic N) is 2. The summed E-state index contributed by atoms with van der Waals surface area (Å²) >= 11 is 0. The highest BCUT2D eigenvalue weighted by molar-refractivity contribution is 5.97. The summed E-state index contributed by atoms with van der Waals surface area (Å²) in [5.74, 6) is -1.09. The van der Waals surface area contributed by atoms with Crippen molar-refractivity contribution in [3.05, 3.63) is 24.0 Å². The molecule has 0 aromatic heterocycles.